The molecule has 2 N–H and O–H groups in total. The third kappa shape index (κ3) is 8.49. The quantitative estimate of drug-likeness (QED) is 0.220. The average molecular weight is 503 g/mol. The molecule has 0 amide bonds. The lowest BCUT2D eigenvalue weighted by Gasteiger charge is -2.13. The monoisotopic (exact) mass is 503 g/mol. The number of para-hydroxylation sites is 1. The lowest BCUT2D eigenvalue weighted by molar-refractivity contribution is 0.123. The molecule has 0 spiro atoms. The third-order valence-corrected chi connectivity index (χ3v) is 4.67. The molecule has 0 fully saturated rings. The molecule has 0 radical (unpaired) electrons. The molecular weight excluding hydrogens is 473 g/mol. The van der Waals surface area contributed by atoms with E-state index in [-0.39, 0.29) is 24.0 Å². The van der Waals surface area contributed by atoms with Crippen LogP contribution in [0.15, 0.2) is 46.1 Å². The van der Waals surface area contributed by atoms with Gasteiger partial charge in [-0.25, -0.2) is 0 Å². The van der Waals surface area contributed by atoms with Gasteiger partial charge in [0.1, 0.15) is 5.75 Å². The smallest absolute Gasteiger partial charge is 0.191 e. The van der Waals surface area contributed by atoms with Crippen LogP contribution < -0.4 is 15.4 Å². The van der Waals surface area contributed by atoms with E-state index in [4.69, 9.17) is 9.47 Å². The van der Waals surface area contributed by atoms with Crippen molar-refractivity contribution in [3.8, 4) is 5.75 Å². The molecule has 1 unspecified atom stereocenters. The lowest BCUT2D eigenvalue weighted by Crippen LogP contribution is -2.39. The topological polar surface area (TPSA) is 54.9 Å². The minimum absolute atomic E-state index is 0. The molecule has 2 rings (SSSR count). The summed E-state index contributed by atoms with van der Waals surface area (Å²) in [7, 11) is 1.68. The van der Waals surface area contributed by atoms with Crippen LogP contribution >= 0.6 is 35.3 Å². The molecule has 7 heteroatoms. The van der Waals surface area contributed by atoms with Crippen LogP contribution in [0.1, 0.15) is 30.9 Å². The summed E-state index contributed by atoms with van der Waals surface area (Å²) in [5, 5.41) is 10.9. The van der Waals surface area contributed by atoms with Gasteiger partial charge in [0.25, 0.3) is 0 Å². The lowest BCUT2D eigenvalue weighted by atomic mass is 10.1. The molecule has 1 aromatic heterocycles. The fourth-order valence-electron chi connectivity index (χ4n) is 2.48. The van der Waals surface area contributed by atoms with E-state index >= 15 is 0 Å². The molecule has 1 aromatic carbocycles. The molecular formula is C20H30IN3O2S. The van der Waals surface area contributed by atoms with Gasteiger partial charge in [-0.3, -0.25) is 4.99 Å². The van der Waals surface area contributed by atoms with Gasteiger partial charge in [0, 0.05) is 31.1 Å². The van der Waals surface area contributed by atoms with Crippen molar-refractivity contribution in [1.29, 1.82) is 0 Å². The Balaban J connectivity index is 0.00000364. The molecule has 5 nitrogen and oxygen atoms in total. The predicted octanol–water partition coefficient (Wildman–Crippen LogP) is 4.25. The Morgan fingerprint density at radius 1 is 1.22 bits per heavy atom. The Bertz CT molecular complexity index is 665. The van der Waals surface area contributed by atoms with Crippen molar-refractivity contribution in [3.05, 3.63) is 52.2 Å². The van der Waals surface area contributed by atoms with Crippen molar-refractivity contribution in [2.45, 2.75) is 26.4 Å². The number of aliphatic imine (C=N–C) groups is 1. The van der Waals surface area contributed by atoms with Gasteiger partial charge < -0.3 is 20.1 Å². The van der Waals surface area contributed by atoms with Crippen molar-refractivity contribution in [3.63, 3.8) is 0 Å². The van der Waals surface area contributed by atoms with E-state index in [1.807, 2.05) is 24.3 Å². The first-order valence-corrected chi connectivity index (χ1v) is 9.92. The summed E-state index contributed by atoms with van der Waals surface area (Å²) >= 11 is 1.73. The van der Waals surface area contributed by atoms with Crippen LogP contribution in [0.25, 0.3) is 0 Å². The summed E-state index contributed by atoms with van der Waals surface area (Å²) in [6.07, 6.45) is 0. The number of guanidine groups is 1. The molecule has 27 heavy (non-hydrogen) atoms. The summed E-state index contributed by atoms with van der Waals surface area (Å²) in [4.78, 5) is 4.68. The van der Waals surface area contributed by atoms with Crippen LogP contribution in [0.5, 0.6) is 5.75 Å². The van der Waals surface area contributed by atoms with E-state index in [0.29, 0.717) is 25.7 Å². The number of halogens is 1. The second-order valence-electron chi connectivity index (χ2n) is 5.97. The van der Waals surface area contributed by atoms with Crippen LogP contribution in [0.4, 0.5) is 0 Å². The number of hydrogen-bond acceptors (Lipinski definition) is 4. The zero-order valence-electron chi connectivity index (χ0n) is 16.2. The highest BCUT2D eigenvalue weighted by Gasteiger charge is 2.06. The molecule has 2 aromatic rings. The number of methoxy groups -OCH3 is 1. The van der Waals surface area contributed by atoms with Crippen LogP contribution in [-0.2, 0) is 11.3 Å². The summed E-state index contributed by atoms with van der Waals surface area (Å²) in [6.45, 7) is 7.70. The van der Waals surface area contributed by atoms with Crippen LogP contribution in [0, 0.1) is 0 Å². The minimum Gasteiger partial charge on any atom is -0.496 e. The first-order chi connectivity index (χ1) is 12.7. The Labute approximate surface area is 183 Å². The second kappa shape index (κ2) is 13.8. The number of nitrogens with one attached hydrogen (secondary N) is 2. The largest absolute Gasteiger partial charge is 0.496 e. The van der Waals surface area contributed by atoms with Gasteiger partial charge in [0.05, 0.1) is 20.3 Å². The van der Waals surface area contributed by atoms with Crippen molar-refractivity contribution in [2.75, 3.05) is 33.4 Å². The molecule has 0 aliphatic carbocycles. The standard InChI is InChI=1S/C20H29N3O2S.HI/c1-4-21-20(23-13-16(2)18-9-12-26-15-18)22-10-11-25-14-17-7-5-6-8-19(17)24-3;/h5-9,12,15-16H,4,10-11,13-14H2,1-3H3,(H2,21,22,23);1H. The molecule has 1 heterocycles. The highest BCUT2D eigenvalue weighted by atomic mass is 127. The number of thiophene rings is 1. The molecule has 1 atom stereocenters. The Morgan fingerprint density at radius 3 is 2.74 bits per heavy atom. The fraction of sp³-hybridized carbons (Fsp3) is 0.450. The van der Waals surface area contributed by atoms with E-state index in [1.165, 1.54) is 5.56 Å². The molecule has 0 bridgehead atoms. The van der Waals surface area contributed by atoms with Gasteiger partial charge in [-0.05, 0) is 35.4 Å². The van der Waals surface area contributed by atoms with Gasteiger partial charge >= 0.3 is 0 Å². The summed E-state index contributed by atoms with van der Waals surface area (Å²) in [5.74, 6) is 2.10. The first kappa shape index (κ1) is 23.7. The second-order valence-corrected chi connectivity index (χ2v) is 6.75. The number of nitrogens with zero attached hydrogens (tertiary/aromatic N) is 1. The highest BCUT2D eigenvalue weighted by molar-refractivity contribution is 14.0. The molecule has 150 valence electrons. The van der Waals surface area contributed by atoms with Crippen LogP contribution in [0.3, 0.4) is 0 Å². The van der Waals surface area contributed by atoms with E-state index in [9.17, 15) is 0 Å². The maximum atomic E-state index is 5.75. The predicted molar refractivity (Wildman–Crippen MR) is 125 cm³/mol. The van der Waals surface area contributed by atoms with Crippen molar-refractivity contribution in [2.24, 2.45) is 4.99 Å². The van der Waals surface area contributed by atoms with Gasteiger partial charge in [-0.1, -0.05) is 25.1 Å². The number of ether oxygens (including phenoxy) is 2. The number of rotatable bonds is 10. The molecule has 0 aliphatic heterocycles. The zero-order chi connectivity index (χ0) is 18.6. The number of benzene rings is 1. The summed E-state index contributed by atoms with van der Waals surface area (Å²) in [5.41, 5.74) is 2.40. The van der Waals surface area contributed by atoms with Crippen LogP contribution in [-0.4, -0.2) is 39.3 Å². The average Bonchev–Trinajstić information content (AvgIpc) is 3.20. The van der Waals surface area contributed by atoms with Crippen molar-refractivity contribution < 1.29 is 9.47 Å². The Hall–Kier alpha value is -1.32. The van der Waals surface area contributed by atoms with E-state index in [1.54, 1.807) is 18.4 Å². The van der Waals surface area contributed by atoms with Gasteiger partial charge in [-0.15, -0.1) is 24.0 Å². The first-order valence-electron chi connectivity index (χ1n) is 8.98. The zero-order valence-corrected chi connectivity index (χ0v) is 19.4. The molecule has 0 saturated heterocycles. The molecule has 0 aliphatic rings. The van der Waals surface area contributed by atoms with E-state index < -0.39 is 0 Å². The highest BCUT2D eigenvalue weighted by Crippen LogP contribution is 2.18. The Morgan fingerprint density at radius 2 is 2.04 bits per heavy atom. The summed E-state index contributed by atoms with van der Waals surface area (Å²) in [6, 6.07) is 10.1. The van der Waals surface area contributed by atoms with Crippen LogP contribution in [0.2, 0.25) is 0 Å². The third-order valence-electron chi connectivity index (χ3n) is 3.97. The fourth-order valence-corrected chi connectivity index (χ4v) is 3.26. The van der Waals surface area contributed by atoms with Gasteiger partial charge in [0.2, 0.25) is 0 Å². The summed E-state index contributed by atoms with van der Waals surface area (Å²) < 4.78 is 11.1. The SMILES string of the molecule is CCNC(=NCC(C)c1ccsc1)NCCOCc1ccccc1OC.I. The van der Waals surface area contributed by atoms with Gasteiger partial charge in [0.15, 0.2) is 5.96 Å². The number of hydrogen-bond donors (Lipinski definition) is 2. The van der Waals surface area contributed by atoms with E-state index in [0.717, 1.165) is 30.4 Å². The normalized spacial score (nSPS) is 12.2. The molecule has 0 saturated carbocycles. The maximum Gasteiger partial charge on any atom is 0.191 e. The van der Waals surface area contributed by atoms with Gasteiger partial charge in [-0.2, -0.15) is 11.3 Å². The minimum atomic E-state index is 0. The van der Waals surface area contributed by atoms with E-state index in [2.05, 4.69) is 46.3 Å². The van der Waals surface area contributed by atoms with Crippen molar-refractivity contribution >= 4 is 41.3 Å². The van der Waals surface area contributed by atoms with Crippen molar-refractivity contribution in [1.82, 2.24) is 10.6 Å². The maximum absolute atomic E-state index is 5.75. The Kier molecular flexibility index (Phi) is 12.1.